The van der Waals surface area contributed by atoms with Gasteiger partial charge in [0.15, 0.2) is 5.65 Å². The van der Waals surface area contributed by atoms with Crippen LogP contribution in [-0.2, 0) is 5.41 Å². The number of aromatic amines is 1. The molecule has 8 heteroatoms. The smallest absolute Gasteiger partial charge is 0.160 e. The largest absolute Gasteiger partial charge is 0.367 e. The van der Waals surface area contributed by atoms with Gasteiger partial charge in [0.05, 0.1) is 23.0 Å². The summed E-state index contributed by atoms with van der Waals surface area (Å²) in [6.45, 7) is 10.3. The first-order valence-corrected chi connectivity index (χ1v) is 9.62. The van der Waals surface area contributed by atoms with Gasteiger partial charge in [-0.15, -0.1) is 0 Å². The van der Waals surface area contributed by atoms with Crippen molar-refractivity contribution < 1.29 is 0 Å². The SMILES string of the molecule is CC(C)(C)c1cn2cc(N3CCN(c4ncnc5[nH]ncc45)CC3)ccc2n1. The molecule has 0 bridgehead atoms. The second-order valence-electron chi connectivity index (χ2n) is 8.33. The third-order valence-corrected chi connectivity index (χ3v) is 5.38. The Morgan fingerprint density at radius 3 is 2.54 bits per heavy atom. The molecule has 0 aliphatic carbocycles. The molecular weight excluding hydrogens is 352 g/mol. The van der Waals surface area contributed by atoms with Crippen LogP contribution in [0.1, 0.15) is 26.5 Å². The Morgan fingerprint density at radius 2 is 1.75 bits per heavy atom. The van der Waals surface area contributed by atoms with Crippen molar-refractivity contribution in [2.45, 2.75) is 26.2 Å². The molecule has 0 aromatic carbocycles. The van der Waals surface area contributed by atoms with E-state index in [4.69, 9.17) is 4.98 Å². The standard InChI is InChI=1S/C20H24N8/c1-20(2,3)16-12-28-11-14(4-5-17(28)24-16)26-6-8-27(9-7-26)19-15-10-23-25-18(15)21-13-22-19/h4-5,10-13H,6-9H2,1-3H3,(H,21,22,23,25). The molecule has 4 aromatic rings. The summed E-state index contributed by atoms with van der Waals surface area (Å²) in [5, 5.41) is 7.99. The van der Waals surface area contributed by atoms with Gasteiger partial charge in [-0.3, -0.25) is 5.10 Å². The highest BCUT2D eigenvalue weighted by atomic mass is 15.3. The third-order valence-electron chi connectivity index (χ3n) is 5.38. The lowest BCUT2D eigenvalue weighted by Gasteiger charge is -2.36. The molecule has 0 amide bonds. The molecule has 1 aliphatic heterocycles. The number of hydrogen-bond acceptors (Lipinski definition) is 6. The van der Waals surface area contributed by atoms with Crippen LogP contribution < -0.4 is 9.80 Å². The zero-order valence-corrected chi connectivity index (χ0v) is 16.4. The van der Waals surface area contributed by atoms with Gasteiger partial charge in [-0.05, 0) is 12.1 Å². The van der Waals surface area contributed by atoms with Crippen molar-refractivity contribution in [1.29, 1.82) is 0 Å². The summed E-state index contributed by atoms with van der Waals surface area (Å²) in [4.78, 5) is 18.2. The Balaban J connectivity index is 1.36. The number of pyridine rings is 1. The van der Waals surface area contributed by atoms with Crippen molar-refractivity contribution in [2.75, 3.05) is 36.0 Å². The van der Waals surface area contributed by atoms with Crippen LogP contribution in [0.15, 0.2) is 37.1 Å². The zero-order valence-electron chi connectivity index (χ0n) is 16.4. The van der Waals surface area contributed by atoms with E-state index in [1.165, 1.54) is 5.69 Å². The summed E-state index contributed by atoms with van der Waals surface area (Å²) in [6, 6.07) is 4.28. The average Bonchev–Trinajstić information content (AvgIpc) is 3.34. The lowest BCUT2D eigenvalue weighted by Crippen LogP contribution is -2.47. The van der Waals surface area contributed by atoms with Crippen molar-refractivity contribution in [3.8, 4) is 0 Å². The van der Waals surface area contributed by atoms with E-state index in [0.717, 1.165) is 54.4 Å². The second-order valence-corrected chi connectivity index (χ2v) is 8.33. The Morgan fingerprint density at radius 1 is 0.964 bits per heavy atom. The number of H-pyrrole nitrogens is 1. The van der Waals surface area contributed by atoms with E-state index in [-0.39, 0.29) is 5.41 Å². The van der Waals surface area contributed by atoms with E-state index in [1.807, 2.05) is 0 Å². The number of aromatic nitrogens is 6. The summed E-state index contributed by atoms with van der Waals surface area (Å²) in [7, 11) is 0. The molecule has 1 aliphatic rings. The maximum atomic E-state index is 4.76. The summed E-state index contributed by atoms with van der Waals surface area (Å²) >= 11 is 0. The number of anilines is 2. The van der Waals surface area contributed by atoms with E-state index in [1.54, 1.807) is 12.5 Å². The highest BCUT2D eigenvalue weighted by Crippen LogP contribution is 2.26. The number of nitrogens with zero attached hydrogens (tertiary/aromatic N) is 7. The van der Waals surface area contributed by atoms with Gasteiger partial charge >= 0.3 is 0 Å². The number of piperazine rings is 1. The van der Waals surface area contributed by atoms with Crippen LogP contribution in [0.5, 0.6) is 0 Å². The van der Waals surface area contributed by atoms with Gasteiger partial charge in [0.1, 0.15) is 17.8 Å². The Bertz CT molecular complexity index is 1130. The molecule has 0 atom stereocenters. The Hall–Kier alpha value is -3.16. The van der Waals surface area contributed by atoms with Crippen LogP contribution in [0, 0.1) is 0 Å². The van der Waals surface area contributed by atoms with Crippen molar-refractivity contribution in [2.24, 2.45) is 0 Å². The average molecular weight is 376 g/mol. The molecule has 1 fully saturated rings. The highest BCUT2D eigenvalue weighted by molar-refractivity contribution is 5.86. The molecule has 144 valence electrons. The quantitative estimate of drug-likeness (QED) is 0.579. The van der Waals surface area contributed by atoms with Crippen molar-refractivity contribution in [3.05, 3.63) is 42.7 Å². The van der Waals surface area contributed by atoms with Crippen molar-refractivity contribution >= 4 is 28.2 Å². The zero-order chi connectivity index (χ0) is 19.3. The number of rotatable bonds is 2. The molecule has 8 nitrogen and oxygen atoms in total. The second kappa shape index (κ2) is 6.19. The van der Waals surface area contributed by atoms with Gasteiger partial charge < -0.3 is 14.2 Å². The topological polar surface area (TPSA) is 78.2 Å². The van der Waals surface area contributed by atoms with Gasteiger partial charge in [0.2, 0.25) is 0 Å². The number of fused-ring (bicyclic) bond motifs is 2. The predicted octanol–water partition coefficient (Wildman–Crippen LogP) is 2.62. The van der Waals surface area contributed by atoms with E-state index in [9.17, 15) is 0 Å². The van der Waals surface area contributed by atoms with Gasteiger partial charge in [0, 0.05) is 44.0 Å². The van der Waals surface area contributed by atoms with Crippen LogP contribution in [0.3, 0.4) is 0 Å². The molecule has 0 unspecified atom stereocenters. The van der Waals surface area contributed by atoms with Gasteiger partial charge in [-0.25, -0.2) is 15.0 Å². The number of imidazole rings is 1. The molecule has 1 saturated heterocycles. The molecule has 5 heterocycles. The molecule has 0 radical (unpaired) electrons. The number of hydrogen-bond donors (Lipinski definition) is 1. The normalized spacial score (nSPS) is 15.7. The van der Waals surface area contributed by atoms with Crippen LogP contribution in [0.25, 0.3) is 16.7 Å². The van der Waals surface area contributed by atoms with Crippen LogP contribution in [0.2, 0.25) is 0 Å². The first-order valence-electron chi connectivity index (χ1n) is 9.62. The molecule has 0 spiro atoms. The van der Waals surface area contributed by atoms with E-state index in [2.05, 4.69) is 79.7 Å². The lowest BCUT2D eigenvalue weighted by molar-refractivity contribution is 0.573. The number of nitrogens with one attached hydrogen (secondary N) is 1. The van der Waals surface area contributed by atoms with Gasteiger partial charge in [0.25, 0.3) is 0 Å². The molecule has 0 saturated carbocycles. The first kappa shape index (κ1) is 17.0. The summed E-state index contributed by atoms with van der Waals surface area (Å²) in [5.41, 5.74) is 4.17. The van der Waals surface area contributed by atoms with Crippen LogP contribution in [0.4, 0.5) is 11.5 Å². The minimum Gasteiger partial charge on any atom is -0.367 e. The fraction of sp³-hybridized carbons (Fsp3) is 0.400. The Labute approximate surface area is 163 Å². The Kier molecular flexibility index (Phi) is 3.75. The van der Waals surface area contributed by atoms with E-state index in [0.29, 0.717) is 0 Å². The third kappa shape index (κ3) is 2.85. The van der Waals surface area contributed by atoms with Crippen LogP contribution >= 0.6 is 0 Å². The molecule has 4 aromatic heterocycles. The minimum atomic E-state index is 0.0494. The van der Waals surface area contributed by atoms with Crippen LogP contribution in [-0.4, -0.2) is 55.7 Å². The van der Waals surface area contributed by atoms with Crippen molar-refractivity contribution in [3.63, 3.8) is 0 Å². The molecule has 5 rings (SSSR count). The fourth-order valence-corrected chi connectivity index (χ4v) is 3.71. The van der Waals surface area contributed by atoms with E-state index < -0.39 is 0 Å². The highest BCUT2D eigenvalue weighted by Gasteiger charge is 2.22. The summed E-state index contributed by atoms with van der Waals surface area (Å²) in [6.07, 6.45) is 7.73. The maximum Gasteiger partial charge on any atom is 0.160 e. The molecular formula is C20H24N8. The predicted molar refractivity (Wildman–Crippen MR) is 110 cm³/mol. The monoisotopic (exact) mass is 376 g/mol. The lowest BCUT2D eigenvalue weighted by atomic mass is 9.93. The van der Waals surface area contributed by atoms with Gasteiger partial charge in [-0.1, -0.05) is 20.8 Å². The summed E-state index contributed by atoms with van der Waals surface area (Å²) < 4.78 is 2.14. The fourth-order valence-electron chi connectivity index (χ4n) is 3.71. The van der Waals surface area contributed by atoms with Gasteiger partial charge in [-0.2, -0.15) is 5.10 Å². The molecule has 1 N–H and O–H groups in total. The van der Waals surface area contributed by atoms with Crippen molar-refractivity contribution in [1.82, 2.24) is 29.5 Å². The van der Waals surface area contributed by atoms with E-state index >= 15 is 0 Å². The molecule has 28 heavy (non-hydrogen) atoms. The minimum absolute atomic E-state index is 0.0494. The summed E-state index contributed by atoms with van der Waals surface area (Å²) in [5.74, 6) is 0.957. The maximum absolute atomic E-state index is 4.76. The first-order chi connectivity index (χ1) is 13.5.